The molecule has 1 aromatic carbocycles. The molecule has 0 aliphatic carbocycles. The number of ether oxygens (including phenoxy) is 1. The molecule has 1 aliphatic rings. The van der Waals surface area contributed by atoms with Crippen LogP contribution in [0, 0.1) is 13.8 Å². The average Bonchev–Trinajstić information content (AvgIpc) is 2.58. The number of hydrogen-bond acceptors (Lipinski definition) is 7. The summed E-state index contributed by atoms with van der Waals surface area (Å²) in [5.74, 6) is 0.476. The molecule has 1 aliphatic heterocycles. The summed E-state index contributed by atoms with van der Waals surface area (Å²) in [6.07, 6.45) is 3.05. The molecule has 3 N–H and O–H groups in total. The molecule has 2 heterocycles. The van der Waals surface area contributed by atoms with E-state index < -0.39 is 15.6 Å². The van der Waals surface area contributed by atoms with Crippen LogP contribution in [0.25, 0.3) is 0 Å². The summed E-state index contributed by atoms with van der Waals surface area (Å²) in [5, 5.41) is 8.52. The van der Waals surface area contributed by atoms with Crippen LogP contribution < -0.4 is 15.4 Å². The van der Waals surface area contributed by atoms with Gasteiger partial charge < -0.3 is 15.0 Å². The van der Waals surface area contributed by atoms with Crippen LogP contribution in [0.4, 0.5) is 17.2 Å². The van der Waals surface area contributed by atoms with Gasteiger partial charge in [0, 0.05) is 6.54 Å². The highest BCUT2D eigenvalue weighted by molar-refractivity contribution is 7.89. The monoisotopic (exact) mass is 397 g/mol. The van der Waals surface area contributed by atoms with Crippen LogP contribution >= 0.6 is 11.6 Å². The molecule has 0 bridgehead atoms. The summed E-state index contributed by atoms with van der Waals surface area (Å²) in [6.45, 7) is 5.30. The Hall–Kier alpha value is -1.94. The number of rotatable bonds is 4. The molecule has 140 valence electrons. The molecule has 2 aromatic rings. The summed E-state index contributed by atoms with van der Waals surface area (Å²) >= 11 is 6.08. The zero-order valence-electron chi connectivity index (χ0n) is 14.4. The van der Waals surface area contributed by atoms with Gasteiger partial charge in [-0.25, -0.2) is 23.5 Å². The lowest BCUT2D eigenvalue weighted by Crippen LogP contribution is -2.40. The van der Waals surface area contributed by atoms with E-state index in [0.29, 0.717) is 36.9 Å². The topological polar surface area (TPSA) is 110 Å². The van der Waals surface area contributed by atoms with Crippen LogP contribution in [-0.2, 0) is 14.8 Å². The number of morpholine rings is 1. The maximum absolute atomic E-state index is 12.0. The van der Waals surface area contributed by atoms with E-state index in [2.05, 4.69) is 15.3 Å². The number of sulfonamides is 1. The van der Waals surface area contributed by atoms with E-state index in [4.69, 9.17) is 21.5 Å². The molecule has 0 spiro atoms. The Balaban J connectivity index is 2.04. The van der Waals surface area contributed by atoms with Crippen LogP contribution in [0.1, 0.15) is 11.1 Å². The standard InChI is InChI=1S/C16H20ClN5O3S/c1-10-3-4-13(26(18,23)24)15(11(10)2)21-16-12(7-19-9-20-16)22-5-6-25-14(17)8-22/h3-4,7,9,14H,5-6,8H2,1-2H3,(H2,18,23,24)(H,19,20,21). The first-order valence-corrected chi connectivity index (χ1v) is 9.96. The van der Waals surface area contributed by atoms with Crippen LogP contribution in [-0.4, -0.2) is 43.6 Å². The number of anilines is 3. The minimum Gasteiger partial charge on any atom is -0.361 e. The Morgan fingerprint density at radius 3 is 2.85 bits per heavy atom. The van der Waals surface area contributed by atoms with Gasteiger partial charge in [0.15, 0.2) is 5.82 Å². The fourth-order valence-electron chi connectivity index (χ4n) is 2.78. The molecule has 1 unspecified atom stereocenters. The molecule has 8 nitrogen and oxygen atoms in total. The molecule has 1 fully saturated rings. The van der Waals surface area contributed by atoms with Crippen molar-refractivity contribution in [1.29, 1.82) is 0 Å². The fourth-order valence-corrected chi connectivity index (χ4v) is 3.78. The lowest BCUT2D eigenvalue weighted by molar-refractivity contribution is 0.0934. The molecule has 0 radical (unpaired) electrons. The predicted molar refractivity (Wildman–Crippen MR) is 100 cm³/mol. The van der Waals surface area contributed by atoms with Crippen molar-refractivity contribution in [3.05, 3.63) is 35.8 Å². The van der Waals surface area contributed by atoms with Crippen molar-refractivity contribution in [3.8, 4) is 0 Å². The largest absolute Gasteiger partial charge is 0.361 e. The molecular formula is C16H20ClN5O3S. The maximum atomic E-state index is 12.0. The minimum absolute atomic E-state index is 0.0161. The van der Waals surface area contributed by atoms with Crippen LogP contribution in [0.3, 0.4) is 0 Å². The molecule has 26 heavy (non-hydrogen) atoms. The van der Waals surface area contributed by atoms with E-state index in [0.717, 1.165) is 11.1 Å². The third-order valence-corrected chi connectivity index (χ3v) is 5.52. The van der Waals surface area contributed by atoms with Gasteiger partial charge in [0.2, 0.25) is 10.0 Å². The number of nitrogens with one attached hydrogen (secondary N) is 1. The Labute approximate surface area is 157 Å². The normalized spacial score (nSPS) is 18.0. The Morgan fingerprint density at radius 2 is 2.15 bits per heavy atom. The number of aromatic nitrogens is 2. The highest BCUT2D eigenvalue weighted by Gasteiger charge is 2.23. The molecule has 0 saturated carbocycles. The number of aryl methyl sites for hydroxylation is 1. The Morgan fingerprint density at radius 1 is 1.38 bits per heavy atom. The lowest BCUT2D eigenvalue weighted by atomic mass is 10.1. The maximum Gasteiger partial charge on any atom is 0.240 e. The van der Waals surface area contributed by atoms with Crippen LogP contribution in [0.5, 0.6) is 0 Å². The number of primary sulfonamides is 1. The van der Waals surface area contributed by atoms with Crippen molar-refractivity contribution in [3.63, 3.8) is 0 Å². The van der Waals surface area contributed by atoms with Crippen LogP contribution in [0.2, 0.25) is 0 Å². The number of alkyl halides is 1. The first kappa shape index (κ1) is 18.8. The molecular weight excluding hydrogens is 378 g/mol. The smallest absolute Gasteiger partial charge is 0.240 e. The van der Waals surface area contributed by atoms with Crippen molar-refractivity contribution in [1.82, 2.24) is 9.97 Å². The first-order valence-electron chi connectivity index (χ1n) is 7.98. The highest BCUT2D eigenvalue weighted by Crippen LogP contribution is 2.33. The molecule has 0 amide bonds. The van der Waals surface area contributed by atoms with Crippen molar-refractivity contribution in [2.75, 3.05) is 29.9 Å². The summed E-state index contributed by atoms with van der Waals surface area (Å²) in [7, 11) is -3.90. The highest BCUT2D eigenvalue weighted by atomic mass is 35.5. The van der Waals surface area contributed by atoms with E-state index in [1.165, 1.54) is 12.4 Å². The van der Waals surface area contributed by atoms with Gasteiger partial charge in [0.1, 0.15) is 16.8 Å². The number of benzene rings is 1. The molecule has 1 aromatic heterocycles. The van der Waals surface area contributed by atoms with Crippen molar-refractivity contribution in [2.24, 2.45) is 5.14 Å². The van der Waals surface area contributed by atoms with Gasteiger partial charge in [-0.15, -0.1) is 0 Å². The van der Waals surface area contributed by atoms with E-state index in [1.807, 2.05) is 18.7 Å². The van der Waals surface area contributed by atoms with Crippen molar-refractivity contribution in [2.45, 2.75) is 24.3 Å². The van der Waals surface area contributed by atoms with E-state index in [9.17, 15) is 8.42 Å². The zero-order chi connectivity index (χ0) is 18.9. The van der Waals surface area contributed by atoms with Gasteiger partial charge in [-0.2, -0.15) is 0 Å². The van der Waals surface area contributed by atoms with E-state index in [-0.39, 0.29) is 4.90 Å². The first-order chi connectivity index (χ1) is 12.3. The lowest BCUT2D eigenvalue weighted by Gasteiger charge is -2.32. The van der Waals surface area contributed by atoms with Crippen molar-refractivity contribution >= 4 is 38.8 Å². The Bertz CT molecular complexity index is 922. The van der Waals surface area contributed by atoms with Gasteiger partial charge >= 0.3 is 0 Å². The number of nitrogens with two attached hydrogens (primary N) is 1. The van der Waals surface area contributed by atoms with Gasteiger partial charge in [0.05, 0.1) is 30.7 Å². The fraction of sp³-hybridized carbons (Fsp3) is 0.375. The SMILES string of the molecule is Cc1ccc(S(N)(=O)=O)c(Nc2ncncc2N2CCOC(Cl)C2)c1C. The van der Waals surface area contributed by atoms with Gasteiger partial charge in [0.25, 0.3) is 0 Å². The zero-order valence-corrected chi connectivity index (χ0v) is 16.0. The second-order valence-corrected chi connectivity index (χ2v) is 8.05. The third-order valence-electron chi connectivity index (χ3n) is 4.31. The predicted octanol–water partition coefficient (Wildman–Crippen LogP) is 1.89. The quantitative estimate of drug-likeness (QED) is 0.758. The Kier molecular flexibility index (Phi) is 5.33. The van der Waals surface area contributed by atoms with Gasteiger partial charge in [-0.1, -0.05) is 17.7 Å². The number of nitrogens with zero attached hydrogens (tertiary/aromatic N) is 3. The summed E-state index contributed by atoms with van der Waals surface area (Å²) in [6, 6.07) is 3.21. The minimum atomic E-state index is -3.90. The van der Waals surface area contributed by atoms with Crippen LogP contribution in [0.15, 0.2) is 29.6 Å². The average molecular weight is 398 g/mol. The van der Waals surface area contributed by atoms with Gasteiger partial charge in [-0.3, -0.25) is 0 Å². The number of hydrogen-bond donors (Lipinski definition) is 2. The summed E-state index contributed by atoms with van der Waals surface area (Å²) < 4.78 is 29.3. The molecule has 1 atom stereocenters. The summed E-state index contributed by atoms with van der Waals surface area (Å²) in [4.78, 5) is 10.4. The van der Waals surface area contributed by atoms with E-state index in [1.54, 1.807) is 12.3 Å². The second-order valence-electron chi connectivity index (χ2n) is 6.03. The number of halogens is 1. The third kappa shape index (κ3) is 3.90. The molecule has 1 saturated heterocycles. The molecule has 10 heteroatoms. The van der Waals surface area contributed by atoms with E-state index >= 15 is 0 Å². The van der Waals surface area contributed by atoms with Gasteiger partial charge in [-0.05, 0) is 31.0 Å². The second kappa shape index (κ2) is 7.36. The summed E-state index contributed by atoms with van der Waals surface area (Å²) in [5.41, 5.74) is 2.39. The van der Waals surface area contributed by atoms with Crippen molar-refractivity contribution < 1.29 is 13.2 Å². The molecule has 3 rings (SSSR count).